The van der Waals surface area contributed by atoms with Crippen LogP contribution < -0.4 is 14.8 Å². The van der Waals surface area contributed by atoms with Crippen LogP contribution in [0.15, 0.2) is 52.9 Å². The third-order valence-corrected chi connectivity index (χ3v) is 4.25. The van der Waals surface area contributed by atoms with E-state index in [-0.39, 0.29) is 17.8 Å². The molecule has 0 radical (unpaired) electrons. The summed E-state index contributed by atoms with van der Waals surface area (Å²) in [6, 6.07) is 15.0. The summed E-state index contributed by atoms with van der Waals surface area (Å²) in [6.45, 7) is 0.995. The van der Waals surface area contributed by atoms with E-state index in [2.05, 4.69) is 5.32 Å². The Morgan fingerprint density at radius 3 is 2.77 bits per heavy atom. The molecule has 1 aliphatic rings. The molecule has 0 saturated carbocycles. The van der Waals surface area contributed by atoms with Gasteiger partial charge in [-0.2, -0.15) is 0 Å². The van der Waals surface area contributed by atoms with Crippen molar-refractivity contribution in [1.82, 2.24) is 5.32 Å². The number of rotatable bonds is 5. The summed E-state index contributed by atoms with van der Waals surface area (Å²) in [4.78, 5) is 12.6. The fraction of sp³-hybridized carbons (Fsp3) is 0.250. The average Bonchev–Trinajstić information content (AvgIpc) is 3.05. The number of ether oxygens (including phenoxy) is 3. The van der Waals surface area contributed by atoms with E-state index in [9.17, 15) is 4.79 Å². The van der Waals surface area contributed by atoms with Gasteiger partial charge in [-0.3, -0.25) is 4.79 Å². The maximum absolute atomic E-state index is 12.6. The van der Waals surface area contributed by atoms with Gasteiger partial charge in [0.05, 0.1) is 13.2 Å². The summed E-state index contributed by atoms with van der Waals surface area (Å²) >= 11 is 0. The van der Waals surface area contributed by atoms with E-state index in [0.717, 1.165) is 16.7 Å². The highest BCUT2D eigenvalue weighted by molar-refractivity contribution is 5.99. The summed E-state index contributed by atoms with van der Waals surface area (Å²) in [6.07, 6.45) is -0.260. The number of benzene rings is 2. The van der Waals surface area contributed by atoms with Gasteiger partial charge in [0.25, 0.3) is 5.91 Å². The number of hydrogen-bond acceptors (Lipinski definition) is 5. The first-order chi connectivity index (χ1) is 12.8. The first-order valence-corrected chi connectivity index (χ1v) is 8.42. The predicted molar refractivity (Wildman–Crippen MR) is 95.6 cm³/mol. The summed E-state index contributed by atoms with van der Waals surface area (Å²) in [5.41, 5.74) is 1.41. The number of fused-ring (bicyclic) bond motifs is 2. The third-order valence-electron chi connectivity index (χ3n) is 4.25. The average molecular weight is 353 g/mol. The van der Waals surface area contributed by atoms with E-state index in [1.165, 1.54) is 0 Å². The van der Waals surface area contributed by atoms with Crippen molar-refractivity contribution in [2.75, 3.05) is 20.3 Å². The lowest BCUT2D eigenvalue weighted by Gasteiger charge is -2.26. The number of methoxy groups -OCH3 is 1. The molecule has 0 spiro atoms. The summed E-state index contributed by atoms with van der Waals surface area (Å²) in [5.74, 6) is 1.37. The number of furan rings is 1. The van der Waals surface area contributed by atoms with E-state index < -0.39 is 0 Å². The Balaban J connectivity index is 1.47. The first kappa shape index (κ1) is 16.5. The van der Waals surface area contributed by atoms with Crippen molar-refractivity contribution in [2.45, 2.75) is 12.7 Å². The van der Waals surface area contributed by atoms with Crippen molar-refractivity contribution in [3.05, 3.63) is 59.9 Å². The van der Waals surface area contributed by atoms with Crippen molar-refractivity contribution < 1.29 is 23.4 Å². The molecular weight excluding hydrogens is 334 g/mol. The Morgan fingerprint density at radius 1 is 1.15 bits per heavy atom. The summed E-state index contributed by atoms with van der Waals surface area (Å²) in [5, 5.41) is 3.75. The van der Waals surface area contributed by atoms with Gasteiger partial charge in [0.2, 0.25) is 0 Å². The maximum atomic E-state index is 12.6. The topological polar surface area (TPSA) is 69.9 Å². The van der Waals surface area contributed by atoms with Gasteiger partial charge in [-0.05, 0) is 18.2 Å². The molecule has 4 rings (SSSR count). The minimum Gasteiger partial charge on any atom is -0.486 e. The molecular formula is C20H19NO5. The second-order valence-electron chi connectivity index (χ2n) is 6.05. The third kappa shape index (κ3) is 3.11. The molecule has 6 heteroatoms. The Kier molecular flexibility index (Phi) is 4.50. The zero-order chi connectivity index (χ0) is 17.9. The molecule has 1 N–H and O–H groups in total. The number of hydrogen-bond donors (Lipinski definition) is 1. The predicted octanol–water partition coefficient (Wildman–Crippen LogP) is 3.15. The van der Waals surface area contributed by atoms with E-state index in [1.807, 2.05) is 48.5 Å². The van der Waals surface area contributed by atoms with Gasteiger partial charge >= 0.3 is 0 Å². The molecule has 0 fully saturated rings. The quantitative estimate of drug-likeness (QED) is 0.763. The Morgan fingerprint density at radius 2 is 1.92 bits per heavy atom. The van der Waals surface area contributed by atoms with Gasteiger partial charge in [-0.15, -0.1) is 0 Å². The van der Waals surface area contributed by atoms with Crippen LogP contribution in [0.2, 0.25) is 0 Å². The lowest BCUT2D eigenvalue weighted by Crippen LogP contribution is -2.40. The Hall–Kier alpha value is -2.99. The van der Waals surface area contributed by atoms with Crippen LogP contribution in [0.3, 0.4) is 0 Å². The van der Waals surface area contributed by atoms with Gasteiger partial charge < -0.3 is 23.9 Å². The van der Waals surface area contributed by atoms with Crippen LogP contribution in [-0.2, 0) is 11.3 Å². The van der Waals surface area contributed by atoms with Crippen molar-refractivity contribution >= 4 is 16.9 Å². The normalized spacial score (nSPS) is 15.8. The van der Waals surface area contributed by atoms with E-state index in [0.29, 0.717) is 31.1 Å². The number of carbonyl (C=O) groups excluding carboxylic acids is 1. The molecule has 0 aliphatic carbocycles. The van der Waals surface area contributed by atoms with Gasteiger partial charge in [0.15, 0.2) is 17.3 Å². The molecule has 3 aromatic rings. The summed E-state index contributed by atoms with van der Waals surface area (Å²) < 4.78 is 22.5. The summed E-state index contributed by atoms with van der Waals surface area (Å²) in [7, 11) is 1.59. The van der Waals surface area contributed by atoms with Crippen molar-refractivity contribution in [3.63, 3.8) is 0 Å². The standard InChI is InChI=1S/C20H19NO5/c1-23-12-15-14-6-2-3-7-16(14)26-19(15)20(22)21-10-13-11-24-17-8-4-5-9-18(17)25-13/h2-9,13H,10-12H2,1H3,(H,21,22)/t13-/m1/s1. The molecule has 2 aromatic carbocycles. The molecule has 1 amide bonds. The fourth-order valence-corrected chi connectivity index (χ4v) is 3.02. The maximum Gasteiger partial charge on any atom is 0.287 e. The highest BCUT2D eigenvalue weighted by Gasteiger charge is 2.24. The van der Waals surface area contributed by atoms with E-state index >= 15 is 0 Å². The number of amides is 1. The molecule has 2 heterocycles. The van der Waals surface area contributed by atoms with Crippen LogP contribution >= 0.6 is 0 Å². The van der Waals surface area contributed by atoms with Crippen LogP contribution in [0, 0.1) is 0 Å². The van der Waals surface area contributed by atoms with Crippen LogP contribution in [0.4, 0.5) is 0 Å². The Labute approximate surface area is 150 Å². The second kappa shape index (κ2) is 7.09. The smallest absolute Gasteiger partial charge is 0.287 e. The molecule has 6 nitrogen and oxygen atoms in total. The number of para-hydroxylation sites is 3. The van der Waals surface area contributed by atoms with Gasteiger partial charge in [0, 0.05) is 18.1 Å². The second-order valence-corrected chi connectivity index (χ2v) is 6.05. The molecule has 1 aliphatic heterocycles. The zero-order valence-corrected chi connectivity index (χ0v) is 14.4. The van der Waals surface area contributed by atoms with Crippen LogP contribution in [0.5, 0.6) is 11.5 Å². The Bertz CT molecular complexity index is 933. The molecule has 134 valence electrons. The zero-order valence-electron chi connectivity index (χ0n) is 14.4. The van der Waals surface area contributed by atoms with Crippen LogP contribution in [-0.4, -0.2) is 32.3 Å². The SMILES string of the molecule is COCc1c(C(=O)NC[C@@H]2COc3ccccc3O2)oc2ccccc12. The highest BCUT2D eigenvalue weighted by Crippen LogP contribution is 2.31. The largest absolute Gasteiger partial charge is 0.486 e. The molecule has 0 bridgehead atoms. The van der Waals surface area contributed by atoms with Crippen molar-refractivity contribution in [3.8, 4) is 11.5 Å². The van der Waals surface area contributed by atoms with E-state index in [4.69, 9.17) is 18.6 Å². The lowest BCUT2D eigenvalue weighted by atomic mass is 10.1. The molecule has 26 heavy (non-hydrogen) atoms. The van der Waals surface area contributed by atoms with E-state index in [1.54, 1.807) is 7.11 Å². The first-order valence-electron chi connectivity index (χ1n) is 8.42. The minimum absolute atomic E-state index is 0.260. The molecule has 1 aromatic heterocycles. The monoisotopic (exact) mass is 353 g/mol. The van der Waals surface area contributed by atoms with Crippen LogP contribution in [0.25, 0.3) is 11.0 Å². The fourth-order valence-electron chi connectivity index (χ4n) is 3.02. The highest BCUT2D eigenvalue weighted by atomic mass is 16.6. The van der Waals surface area contributed by atoms with Crippen LogP contribution in [0.1, 0.15) is 16.1 Å². The molecule has 0 unspecified atom stereocenters. The number of carbonyl (C=O) groups is 1. The minimum atomic E-state index is -0.296. The molecule has 0 saturated heterocycles. The van der Waals surface area contributed by atoms with Gasteiger partial charge in [-0.25, -0.2) is 0 Å². The lowest BCUT2D eigenvalue weighted by molar-refractivity contribution is 0.0771. The number of nitrogens with one attached hydrogen (secondary N) is 1. The van der Waals surface area contributed by atoms with Gasteiger partial charge in [-0.1, -0.05) is 30.3 Å². The van der Waals surface area contributed by atoms with Crippen molar-refractivity contribution in [1.29, 1.82) is 0 Å². The molecule has 1 atom stereocenters. The van der Waals surface area contributed by atoms with Crippen molar-refractivity contribution in [2.24, 2.45) is 0 Å². The van der Waals surface area contributed by atoms with Gasteiger partial charge in [0.1, 0.15) is 18.3 Å².